The highest BCUT2D eigenvalue weighted by Crippen LogP contribution is 2.26. The van der Waals surface area contributed by atoms with E-state index in [1.54, 1.807) is 4.90 Å². The molecule has 1 aromatic carbocycles. The van der Waals surface area contributed by atoms with Gasteiger partial charge >= 0.3 is 5.69 Å². The number of nitro groups is 1. The van der Waals surface area contributed by atoms with Crippen molar-refractivity contribution in [1.82, 2.24) is 4.90 Å². The number of carbonyl (C=O) groups is 1. The third kappa shape index (κ3) is 2.64. The molecule has 0 spiro atoms. The van der Waals surface area contributed by atoms with Gasteiger partial charge in [-0.05, 0) is 30.9 Å². The molecule has 1 unspecified atom stereocenters. The van der Waals surface area contributed by atoms with E-state index in [0.717, 1.165) is 25.0 Å². The van der Waals surface area contributed by atoms with Crippen LogP contribution >= 0.6 is 0 Å². The highest BCUT2D eigenvalue weighted by atomic mass is 19.1. The first-order chi connectivity index (χ1) is 9.41. The second-order valence-corrected chi connectivity index (χ2v) is 5.38. The summed E-state index contributed by atoms with van der Waals surface area (Å²) in [6.07, 6.45) is 1.88. The van der Waals surface area contributed by atoms with Crippen molar-refractivity contribution in [2.75, 3.05) is 6.54 Å². The maximum absolute atomic E-state index is 13.6. The molecule has 0 saturated carbocycles. The molecule has 20 heavy (non-hydrogen) atoms. The first-order valence-electron chi connectivity index (χ1n) is 6.66. The van der Waals surface area contributed by atoms with Crippen LogP contribution in [0.4, 0.5) is 10.1 Å². The molecule has 5 nitrogen and oxygen atoms in total. The van der Waals surface area contributed by atoms with Gasteiger partial charge in [0.25, 0.3) is 5.91 Å². The molecule has 1 atom stereocenters. The maximum atomic E-state index is 13.6. The molecule has 6 heteroatoms. The molecule has 0 aromatic heterocycles. The molecule has 0 radical (unpaired) electrons. The summed E-state index contributed by atoms with van der Waals surface area (Å²) in [5.41, 5.74) is -0.441. The number of carbonyl (C=O) groups excluding carboxylic acids is 1. The lowest BCUT2D eigenvalue weighted by Gasteiger charge is -2.27. The van der Waals surface area contributed by atoms with E-state index < -0.39 is 16.4 Å². The normalized spacial score (nSPS) is 18.6. The van der Waals surface area contributed by atoms with E-state index in [0.29, 0.717) is 12.5 Å². The quantitative estimate of drug-likeness (QED) is 0.631. The van der Waals surface area contributed by atoms with Gasteiger partial charge in [-0.15, -0.1) is 0 Å². The fourth-order valence-electron chi connectivity index (χ4n) is 2.69. The number of halogens is 1. The minimum absolute atomic E-state index is 0.153. The van der Waals surface area contributed by atoms with Crippen molar-refractivity contribution < 1.29 is 14.1 Å². The van der Waals surface area contributed by atoms with E-state index in [-0.39, 0.29) is 17.5 Å². The van der Waals surface area contributed by atoms with Gasteiger partial charge < -0.3 is 4.90 Å². The molecule has 0 aliphatic carbocycles. The number of rotatable bonds is 3. The first-order valence-corrected chi connectivity index (χ1v) is 6.66. The number of likely N-dealkylation sites (tertiary alicyclic amines) is 1. The Morgan fingerprint density at radius 2 is 2.20 bits per heavy atom. The molecule has 1 aromatic rings. The molecule has 0 N–H and O–H groups in total. The summed E-state index contributed by atoms with van der Waals surface area (Å²) in [7, 11) is 0. The van der Waals surface area contributed by atoms with E-state index in [1.165, 1.54) is 6.07 Å². The Morgan fingerprint density at radius 1 is 1.50 bits per heavy atom. The summed E-state index contributed by atoms with van der Waals surface area (Å²) in [5, 5.41) is 10.6. The molecule has 1 fully saturated rings. The maximum Gasteiger partial charge on any atom is 0.304 e. The third-order valence-corrected chi connectivity index (χ3v) is 3.72. The van der Waals surface area contributed by atoms with Crippen LogP contribution in [0.5, 0.6) is 0 Å². The second kappa shape index (κ2) is 5.56. The Kier molecular flexibility index (Phi) is 4.01. The van der Waals surface area contributed by atoms with Crippen molar-refractivity contribution in [2.24, 2.45) is 5.92 Å². The summed E-state index contributed by atoms with van der Waals surface area (Å²) in [6.45, 7) is 4.75. The Labute approximate surface area is 116 Å². The zero-order valence-electron chi connectivity index (χ0n) is 11.5. The summed E-state index contributed by atoms with van der Waals surface area (Å²) < 4.78 is 13.6. The van der Waals surface area contributed by atoms with Crippen molar-refractivity contribution in [3.05, 3.63) is 39.7 Å². The van der Waals surface area contributed by atoms with Crippen LogP contribution in [0.2, 0.25) is 0 Å². The Bertz CT molecular complexity index is 545. The number of hydrogen-bond acceptors (Lipinski definition) is 3. The minimum Gasteiger partial charge on any atom is -0.335 e. The van der Waals surface area contributed by atoms with Gasteiger partial charge in [0.2, 0.25) is 5.82 Å². The van der Waals surface area contributed by atoms with Crippen LogP contribution in [0.15, 0.2) is 18.2 Å². The van der Waals surface area contributed by atoms with Gasteiger partial charge in [-0.1, -0.05) is 13.8 Å². The molecule has 1 amide bonds. The first kappa shape index (κ1) is 14.4. The molecule has 0 bridgehead atoms. The zero-order chi connectivity index (χ0) is 14.9. The molecule has 1 aliphatic heterocycles. The highest BCUT2D eigenvalue weighted by Gasteiger charge is 2.32. The lowest BCUT2D eigenvalue weighted by molar-refractivity contribution is -0.387. The second-order valence-electron chi connectivity index (χ2n) is 5.38. The smallest absolute Gasteiger partial charge is 0.304 e. The van der Waals surface area contributed by atoms with Crippen molar-refractivity contribution >= 4 is 11.6 Å². The van der Waals surface area contributed by atoms with Crippen LogP contribution in [0.3, 0.4) is 0 Å². The summed E-state index contributed by atoms with van der Waals surface area (Å²) in [5.74, 6) is -0.888. The molecular weight excluding hydrogens is 263 g/mol. The molecule has 1 aliphatic rings. The number of nitro benzene ring substituents is 1. The van der Waals surface area contributed by atoms with Gasteiger partial charge in [0.05, 0.1) is 4.92 Å². The van der Waals surface area contributed by atoms with Crippen molar-refractivity contribution in [2.45, 2.75) is 32.7 Å². The molecule has 2 rings (SSSR count). The summed E-state index contributed by atoms with van der Waals surface area (Å²) in [6, 6.07) is 3.47. The molecule has 108 valence electrons. The number of nitrogens with zero attached hydrogens (tertiary/aromatic N) is 2. The van der Waals surface area contributed by atoms with Gasteiger partial charge in [-0.25, -0.2) is 0 Å². The van der Waals surface area contributed by atoms with Gasteiger partial charge in [-0.3, -0.25) is 14.9 Å². The average molecular weight is 280 g/mol. The number of hydrogen-bond donors (Lipinski definition) is 0. The Hall–Kier alpha value is -1.98. The van der Waals surface area contributed by atoms with Gasteiger partial charge in [0.15, 0.2) is 0 Å². The van der Waals surface area contributed by atoms with Crippen molar-refractivity contribution in [3.8, 4) is 0 Å². The average Bonchev–Trinajstić information content (AvgIpc) is 2.86. The van der Waals surface area contributed by atoms with E-state index in [9.17, 15) is 19.3 Å². The fraction of sp³-hybridized carbons (Fsp3) is 0.500. The van der Waals surface area contributed by atoms with E-state index in [4.69, 9.17) is 0 Å². The largest absolute Gasteiger partial charge is 0.335 e. The van der Waals surface area contributed by atoms with Crippen LogP contribution < -0.4 is 0 Å². The van der Waals surface area contributed by atoms with Gasteiger partial charge in [-0.2, -0.15) is 4.39 Å². The lowest BCUT2D eigenvalue weighted by atomic mass is 10.0. The monoisotopic (exact) mass is 280 g/mol. The number of amides is 1. The van der Waals surface area contributed by atoms with Crippen molar-refractivity contribution in [1.29, 1.82) is 0 Å². The van der Waals surface area contributed by atoms with Crippen LogP contribution in [0, 0.1) is 21.8 Å². The topological polar surface area (TPSA) is 63.5 Å². The lowest BCUT2D eigenvalue weighted by Crippen LogP contribution is -2.38. The van der Waals surface area contributed by atoms with Crippen LogP contribution in [-0.2, 0) is 0 Å². The van der Waals surface area contributed by atoms with Gasteiger partial charge in [0.1, 0.15) is 0 Å². The summed E-state index contributed by atoms with van der Waals surface area (Å²) in [4.78, 5) is 23.9. The Morgan fingerprint density at radius 3 is 2.75 bits per heavy atom. The predicted octanol–water partition coefficient (Wildman–Crippen LogP) is 2.99. The van der Waals surface area contributed by atoms with Crippen molar-refractivity contribution in [3.63, 3.8) is 0 Å². The molecule has 1 heterocycles. The van der Waals surface area contributed by atoms with Crippen LogP contribution in [0.1, 0.15) is 37.0 Å². The molecular formula is C14H17FN2O3. The SMILES string of the molecule is CC(C)C1CCCN1C(=O)c1ccc([N+](=O)[O-])c(F)c1. The fourth-order valence-corrected chi connectivity index (χ4v) is 2.69. The Balaban J connectivity index is 2.25. The van der Waals surface area contributed by atoms with Gasteiger partial charge in [0, 0.05) is 24.2 Å². The highest BCUT2D eigenvalue weighted by molar-refractivity contribution is 5.94. The summed E-state index contributed by atoms with van der Waals surface area (Å²) >= 11 is 0. The van der Waals surface area contributed by atoms with E-state index in [2.05, 4.69) is 0 Å². The molecule has 1 saturated heterocycles. The van der Waals surface area contributed by atoms with E-state index in [1.807, 2.05) is 13.8 Å². The predicted molar refractivity (Wildman–Crippen MR) is 72.0 cm³/mol. The zero-order valence-corrected chi connectivity index (χ0v) is 11.5. The number of benzene rings is 1. The van der Waals surface area contributed by atoms with Crippen LogP contribution in [0.25, 0.3) is 0 Å². The standard InChI is InChI=1S/C14H17FN2O3/c1-9(2)12-4-3-7-16(12)14(18)10-5-6-13(17(19)20)11(15)8-10/h5-6,8-9,12H,3-4,7H2,1-2H3. The third-order valence-electron chi connectivity index (χ3n) is 3.72. The van der Waals surface area contributed by atoms with Crippen LogP contribution in [-0.4, -0.2) is 28.3 Å². The minimum atomic E-state index is -0.971. The van der Waals surface area contributed by atoms with E-state index >= 15 is 0 Å².